The first-order valence-corrected chi connectivity index (χ1v) is 9.15. The van der Waals surface area contributed by atoms with E-state index < -0.39 is 29.9 Å². The lowest BCUT2D eigenvalue weighted by molar-refractivity contribution is -0.144. The number of nitrogens with one attached hydrogen (secondary N) is 1. The number of imide groups is 2. The molecule has 0 saturated carbocycles. The lowest BCUT2D eigenvalue weighted by Gasteiger charge is -2.27. The second-order valence-corrected chi connectivity index (χ2v) is 6.94. The summed E-state index contributed by atoms with van der Waals surface area (Å²) in [7, 11) is 0. The molecule has 0 radical (unpaired) electrons. The number of benzene rings is 2. The van der Waals surface area contributed by atoms with E-state index in [2.05, 4.69) is 5.32 Å². The molecule has 1 fully saturated rings. The maximum atomic E-state index is 13.1. The van der Waals surface area contributed by atoms with E-state index in [0.717, 1.165) is 16.0 Å². The number of carbonyl (C=O) groups excluding carboxylic acids is 3. The lowest BCUT2D eigenvalue weighted by atomic mass is 10.0. The van der Waals surface area contributed by atoms with Gasteiger partial charge in [0.15, 0.2) is 6.10 Å². The van der Waals surface area contributed by atoms with Crippen molar-refractivity contribution in [3.05, 3.63) is 64.7 Å². The molecule has 1 aliphatic heterocycles. The maximum absolute atomic E-state index is 13.1. The van der Waals surface area contributed by atoms with Gasteiger partial charge in [0.1, 0.15) is 11.3 Å². The zero-order valence-corrected chi connectivity index (χ0v) is 16.6. The number of carboxylic acids is 1. The van der Waals surface area contributed by atoms with E-state index in [-0.39, 0.29) is 11.3 Å². The van der Waals surface area contributed by atoms with Crippen molar-refractivity contribution >= 4 is 35.6 Å². The summed E-state index contributed by atoms with van der Waals surface area (Å²) in [6, 6.07) is 10.8. The zero-order valence-electron chi connectivity index (χ0n) is 16.6. The molecular weight excluding hydrogens is 388 g/mol. The average Bonchev–Trinajstić information content (AvgIpc) is 2.65. The number of aliphatic carboxylic acids is 1. The first-order valence-electron chi connectivity index (χ1n) is 9.15. The standard InChI is InChI=1S/C22H20N2O6/c1-12-8-13(2)10-16(9-12)24-20(26)17(19(25)23-22(24)29)11-15-6-4-5-7-18(15)30-14(3)21(27)28/h4-11,14H,1-3H3,(H,27,28)(H,23,25,29)/b17-11+/t14-/m1/s1. The van der Waals surface area contributed by atoms with Gasteiger partial charge in [0, 0.05) is 5.56 Å². The first kappa shape index (κ1) is 20.8. The van der Waals surface area contributed by atoms with Gasteiger partial charge in [-0.2, -0.15) is 0 Å². The Balaban J connectivity index is 2.02. The molecule has 154 valence electrons. The van der Waals surface area contributed by atoms with Crippen LogP contribution in [0, 0.1) is 13.8 Å². The molecule has 0 aromatic heterocycles. The Morgan fingerprint density at radius 1 is 1.10 bits per heavy atom. The van der Waals surface area contributed by atoms with Crippen molar-refractivity contribution in [3.8, 4) is 5.75 Å². The average molecular weight is 408 g/mol. The summed E-state index contributed by atoms with van der Waals surface area (Å²) in [5.41, 5.74) is 2.12. The SMILES string of the molecule is Cc1cc(C)cc(N2C(=O)NC(=O)/C(=C\c3ccccc3O[C@H](C)C(=O)O)C2=O)c1. The van der Waals surface area contributed by atoms with Gasteiger partial charge in [-0.1, -0.05) is 24.3 Å². The number of barbiturate groups is 1. The van der Waals surface area contributed by atoms with Crippen LogP contribution >= 0.6 is 0 Å². The molecule has 0 bridgehead atoms. The number of aryl methyl sites for hydroxylation is 2. The molecule has 1 aliphatic rings. The summed E-state index contributed by atoms with van der Waals surface area (Å²) < 4.78 is 5.42. The number of rotatable bonds is 5. The van der Waals surface area contributed by atoms with Crippen molar-refractivity contribution in [2.75, 3.05) is 4.90 Å². The predicted octanol–water partition coefficient (Wildman–Crippen LogP) is 2.82. The minimum absolute atomic E-state index is 0.190. The smallest absolute Gasteiger partial charge is 0.344 e. The Morgan fingerprint density at radius 3 is 2.37 bits per heavy atom. The van der Waals surface area contributed by atoms with E-state index in [4.69, 9.17) is 9.84 Å². The minimum atomic E-state index is -1.16. The van der Waals surface area contributed by atoms with Gasteiger partial charge in [-0.15, -0.1) is 0 Å². The third-order valence-electron chi connectivity index (χ3n) is 4.44. The fraction of sp³-hybridized carbons (Fsp3) is 0.182. The van der Waals surface area contributed by atoms with Gasteiger partial charge in [-0.3, -0.25) is 14.9 Å². The van der Waals surface area contributed by atoms with Crippen molar-refractivity contribution in [2.24, 2.45) is 0 Å². The molecule has 1 atom stereocenters. The number of ether oxygens (including phenoxy) is 1. The van der Waals surface area contributed by atoms with Crippen LogP contribution in [-0.4, -0.2) is 35.0 Å². The Labute approximate surface area is 172 Å². The summed E-state index contributed by atoms with van der Waals surface area (Å²) in [4.78, 5) is 49.8. The largest absolute Gasteiger partial charge is 0.479 e. The quantitative estimate of drug-likeness (QED) is 0.581. The molecule has 0 aliphatic carbocycles. The molecule has 8 heteroatoms. The summed E-state index contributed by atoms with van der Waals surface area (Å²) in [5, 5.41) is 11.2. The number of para-hydroxylation sites is 1. The molecule has 8 nitrogen and oxygen atoms in total. The van der Waals surface area contributed by atoms with Crippen LogP contribution in [0.3, 0.4) is 0 Å². The van der Waals surface area contributed by atoms with E-state index in [1.807, 2.05) is 19.9 Å². The van der Waals surface area contributed by atoms with Crippen molar-refractivity contribution in [1.29, 1.82) is 0 Å². The van der Waals surface area contributed by atoms with Gasteiger partial charge in [-0.25, -0.2) is 14.5 Å². The number of nitrogens with zero attached hydrogens (tertiary/aromatic N) is 1. The molecule has 1 heterocycles. The highest BCUT2D eigenvalue weighted by atomic mass is 16.5. The summed E-state index contributed by atoms with van der Waals surface area (Å²) in [6.07, 6.45) is 0.151. The van der Waals surface area contributed by atoms with E-state index in [1.165, 1.54) is 19.1 Å². The fourth-order valence-corrected chi connectivity index (χ4v) is 3.08. The van der Waals surface area contributed by atoms with Crippen molar-refractivity contribution in [1.82, 2.24) is 5.32 Å². The molecule has 30 heavy (non-hydrogen) atoms. The van der Waals surface area contributed by atoms with Crippen LogP contribution in [0.5, 0.6) is 5.75 Å². The van der Waals surface area contributed by atoms with Crippen molar-refractivity contribution in [2.45, 2.75) is 26.9 Å². The number of anilines is 1. The van der Waals surface area contributed by atoms with Gasteiger partial charge >= 0.3 is 12.0 Å². The van der Waals surface area contributed by atoms with Crippen LogP contribution in [-0.2, 0) is 14.4 Å². The van der Waals surface area contributed by atoms with Crippen LogP contribution in [0.1, 0.15) is 23.6 Å². The molecule has 2 aromatic carbocycles. The fourth-order valence-electron chi connectivity index (χ4n) is 3.08. The Bertz CT molecular complexity index is 1070. The number of amides is 4. The Kier molecular flexibility index (Phi) is 5.68. The molecule has 1 saturated heterocycles. The Hall–Kier alpha value is -3.94. The van der Waals surface area contributed by atoms with E-state index in [9.17, 15) is 19.2 Å². The van der Waals surface area contributed by atoms with E-state index in [0.29, 0.717) is 11.3 Å². The Morgan fingerprint density at radius 2 is 1.73 bits per heavy atom. The predicted molar refractivity (Wildman–Crippen MR) is 109 cm³/mol. The number of urea groups is 1. The third kappa shape index (κ3) is 4.22. The summed E-state index contributed by atoms with van der Waals surface area (Å²) in [5.74, 6) is -2.59. The third-order valence-corrected chi connectivity index (χ3v) is 4.44. The number of hydrogen-bond donors (Lipinski definition) is 2. The van der Waals surface area contributed by atoms with Crippen LogP contribution in [0.25, 0.3) is 6.08 Å². The highest BCUT2D eigenvalue weighted by Crippen LogP contribution is 2.27. The minimum Gasteiger partial charge on any atom is -0.479 e. The molecule has 3 rings (SSSR count). The van der Waals surface area contributed by atoms with Gasteiger partial charge < -0.3 is 9.84 Å². The maximum Gasteiger partial charge on any atom is 0.344 e. The van der Waals surface area contributed by atoms with E-state index in [1.54, 1.807) is 30.3 Å². The number of carbonyl (C=O) groups is 4. The number of carboxylic acid groups (broad SMARTS) is 1. The molecule has 0 unspecified atom stereocenters. The number of hydrogen-bond acceptors (Lipinski definition) is 5. The van der Waals surface area contributed by atoms with Crippen LogP contribution in [0.4, 0.5) is 10.5 Å². The zero-order chi connectivity index (χ0) is 22.0. The van der Waals surface area contributed by atoms with Crippen LogP contribution in [0.2, 0.25) is 0 Å². The second-order valence-electron chi connectivity index (χ2n) is 6.94. The molecule has 2 N–H and O–H groups in total. The monoisotopic (exact) mass is 408 g/mol. The van der Waals surface area contributed by atoms with Crippen LogP contribution in [0.15, 0.2) is 48.0 Å². The molecular formula is C22H20N2O6. The van der Waals surface area contributed by atoms with E-state index >= 15 is 0 Å². The highest BCUT2D eigenvalue weighted by molar-refractivity contribution is 6.39. The first-order chi connectivity index (χ1) is 14.2. The van der Waals surface area contributed by atoms with Gasteiger partial charge in [0.25, 0.3) is 11.8 Å². The molecule has 0 spiro atoms. The highest BCUT2D eigenvalue weighted by Gasteiger charge is 2.37. The normalized spacial score (nSPS) is 16.4. The summed E-state index contributed by atoms with van der Waals surface area (Å²) in [6.45, 7) is 5.04. The topological polar surface area (TPSA) is 113 Å². The van der Waals surface area contributed by atoms with Gasteiger partial charge in [0.2, 0.25) is 0 Å². The molecule has 4 amide bonds. The summed E-state index contributed by atoms with van der Waals surface area (Å²) >= 11 is 0. The molecule has 2 aromatic rings. The second kappa shape index (κ2) is 8.20. The van der Waals surface area contributed by atoms with Crippen molar-refractivity contribution < 1.29 is 29.0 Å². The lowest BCUT2D eigenvalue weighted by Crippen LogP contribution is -2.54. The van der Waals surface area contributed by atoms with Crippen LogP contribution < -0.4 is 15.0 Å². The van der Waals surface area contributed by atoms with Gasteiger partial charge in [-0.05, 0) is 56.2 Å². The van der Waals surface area contributed by atoms with Gasteiger partial charge in [0.05, 0.1) is 5.69 Å². The van der Waals surface area contributed by atoms with Crippen molar-refractivity contribution in [3.63, 3.8) is 0 Å².